The molecule has 1 nitrogen and oxygen atoms in total. The Kier molecular flexibility index (Phi) is 8.95. The monoisotopic (exact) mass is 207 g/mol. The second kappa shape index (κ2) is 9.57. The van der Waals surface area contributed by atoms with Crippen molar-refractivity contribution in [2.45, 2.75) is 52.9 Å². The number of hydrogen-bond donors (Lipinski definition) is 1. The predicted octanol–water partition coefficient (Wildman–Crippen LogP) is 4.32. The number of unbranched alkanes of at least 4 members (excludes halogenated alkanes) is 3. The highest BCUT2D eigenvalue weighted by Gasteiger charge is 1.92. The van der Waals surface area contributed by atoms with Crippen LogP contribution in [0.5, 0.6) is 0 Å². The summed E-state index contributed by atoms with van der Waals surface area (Å²) in [6, 6.07) is 0. The van der Waals surface area contributed by atoms with Crippen LogP contribution in [0.2, 0.25) is 0 Å². The molecule has 0 spiro atoms. The van der Waals surface area contributed by atoms with E-state index in [2.05, 4.69) is 32.1 Å². The highest BCUT2D eigenvalue weighted by Crippen LogP contribution is 2.11. The van der Waals surface area contributed by atoms with Crippen LogP contribution in [0.1, 0.15) is 52.9 Å². The Hall–Kier alpha value is -0.980. The first-order chi connectivity index (χ1) is 7.24. The molecule has 0 aliphatic heterocycles. The molecule has 0 atom stereocenters. The van der Waals surface area contributed by atoms with Crippen LogP contribution in [0.15, 0.2) is 35.6 Å². The Bertz CT molecular complexity index is 234. The van der Waals surface area contributed by atoms with E-state index in [1.165, 1.54) is 36.8 Å². The standard InChI is InChI=1S/C14H25N/c1-4-6-7-8-9-14(12-15)11-10-13(3)5-2/h5,10-12H,4,6-9,15H2,1-3H3/b11-10-,13-5-,14-12+. The molecule has 0 aliphatic carbocycles. The van der Waals surface area contributed by atoms with E-state index in [0.717, 1.165) is 6.42 Å². The van der Waals surface area contributed by atoms with Crippen molar-refractivity contribution in [2.75, 3.05) is 0 Å². The zero-order chi connectivity index (χ0) is 11.5. The van der Waals surface area contributed by atoms with E-state index in [9.17, 15) is 0 Å². The Labute approximate surface area is 94.8 Å². The molecule has 2 N–H and O–H groups in total. The van der Waals surface area contributed by atoms with Crippen LogP contribution in [0.3, 0.4) is 0 Å². The third kappa shape index (κ3) is 8.04. The van der Waals surface area contributed by atoms with E-state index in [-0.39, 0.29) is 0 Å². The lowest BCUT2D eigenvalue weighted by Crippen LogP contribution is -1.87. The fourth-order valence-electron chi connectivity index (χ4n) is 1.31. The predicted molar refractivity (Wildman–Crippen MR) is 69.6 cm³/mol. The first kappa shape index (κ1) is 14.0. The van der Waals surface area contributed by atoms with Crippen molar-refractivity contribution in [2.24, 2.45) is 5.73 Å². The van der Waals surface area contributed by atoms with Crippen molar-refractivity contribution in [1.29, 1.82) is 0 Å². The molecule has 1 heteroatoms. The summed E-state index contributed by atoms with van der Waals surface area (Å²) >= 11 is 0. The van der Waals surface area contributed by atoms with Crippen molar-refractivity contribution >= 4 is 0 Å². The van der Waals surface area contributed by atoms with Gasteiger partial charge in [-0.05, 0) is 38.5 Å². The molecule has 0 heterocycles. The maximum atomic E-state index is 5.58. The molecule has 0 saturated heterocycles. The quantitative estimate of drug-likeness (QED) is 0.488. The highest BCUT2D eigenvalue weighted by molar-refractivity contribution is 5.25. The number of rotatable bonds is 7. The second-order valence-corrected chi connectivity index (χ2v) is 3.92. The summed E-state index contributed by atoms with van der Waals surface area (Å²) in [6.45, 7) is 6.38. The molecular formula is C14H25N. The molecule has 86 valence electrons. The summed E-state index contributed by atoms with van der Waals surface area (Å²) in [6.07, 6.45) is 14.3. The average Bonchev–Trinajstić information content (AvgIpc) is 2.27. The first-order valence-electron chi connectivity index (χ1n) is 5.96. The van der Waals surface area contributed by atoms with Crippen LogP contribution in [0.4, 0.5) is 0 Å². The third-order valence-corrected chi connectivity index (χ3v) is 2.55. The summed E-state index contributed by atoms with van der Waals surface area (Å²) in [5.41, 5.74) is 8.11. The first-order valence-corrected chi connectivity index (χ1v) is 5.96. The molecule has 0 unspecified atom stereocenters. The summed E-state index contributed by atoms with van der Waals surface area (Å²) in [5, 5.41) is 0. The zero-order valence-electron chi connectivity index (χ0n) is 10.4. The Morgan fingerprint density at radius 2 is 1.87 bits per heavy atom. The van der Waals surface area contributed by atoms with Gasteiger partial charge < -0.3 is 5.73 Å². The number of nitrogens with two attached hydrogens (primary N) is 1. The Balaban J connectivity index is 3.90. The van der Waals surface area contributed by atoms with Gasteiger partial charge in [-0.15, -0.1) is 0 Å². The van der Waals surface area contributed by atoms with Gasteiger partial charge >= 0.3 is 0 Å². The van der Waals surface area contributed by atoms with E-state index < -0.39 is 0 Å². The van der Waals surface area contributed by atoms with Gasteiger partial charge in [-0.1, -0.05) is 50.0 Å². The van der Waals surface area contributed by atoms with Crippen LogP contribution < -0.4 is 5.73 Å². The lowest BCUT2D eigenvalue weighted by Gasteiger charge is -2.01. The van der Waals surface area contributed by atoms with Gasteiger partial charge in [0.25, 0.3) is 0 Å². The molecule has 0 aliphatic rings. The minimum absolute atomic E-state index is 1.10. The zero-order valence-corrected chi connectivity index (χ0v) is 10.4. The molecule has 0 aromatic rings. The molecule has 0 bridgehead atoms. The van der Waals surface area contributed by atoms with E-state index >= 15 is 0 Å². The van der Waals surface area contributed by atoms with Gasteiger partial charge in [-0.2, -0.15) is 0 Å². The van der Waals surface area contributed by atoms with E-state index in [1.54, 1.807) is 6.20 Å². The van der Waals surface area contributed by atoms with Gasteiger partial charge in [0.2, 0.25) is 0 Å². The molecule has 0 rings (SSSR count). The topological polar surface area (TPSA) is 26.0 Å². The molecule has 0 fully saturated rings. The minimum atomic E-state index is 1.10. The van der Waals surface area contributed by atoms with E-state index in [4.69, 9.17) is 5.73 Å². The number of hydrogen-bond acceptors (Lipinski definition) is 1. The van der Waals surface area contributed by atoms with Gasteiger partial charge in [0.1, 0.15) is 0 Å². The maximum Gasteiger partial charge on any atom is -0.00297 e. The van der Waals surface area contributed by atoms with Crippen molar-refractivity contribution in [3.63, 3.8) is 0 Å². The SMILES string of the molecule is C\C=C(C)/C=C\C(=C\N)CCCCCC. The molecule has 0 aromatic heterocycles. The van der Waals surface area contributed by atoms with Crippen LogP contribution in [-0.4, -0.2) is 0 Å². The van der Waals surface area contributed by atoms with Crippen molar-refractivity contribution < 1.29 is 0 Å². The molecule has 0 radical (unpaired) electrons. The number of allylic oxidation sites excluding steroid dienone is 5. The average molecular weight is 207 g/mol. The Morgan fingerprint density at radius 3 is 2.40 bits per heavy atom. The van der Waals surface area contributed by atoms with Crippen LogP contribution in [0, 0.1) is 0 Å². The maximum absolute atomic E-state index is 5.58. The normalized spacial score (nSPS) is 13.8. The molecule has 0 saturated carbocycles. The van der Waals surface area contributed by atoms with Crippen molar-refractivity contribution in [1.82, 2.24) is 0 Å². The van der Waals surface area contributed by atoms with Gasteiger partial charge in [-0.25, -0.2) is 0 Å². The summed E-state index contributed by atoms with van der Waals surface area (Å²) in [5.74, 6) is 0. The van der Waals surface area contributed by atoms with Crippen LogP contribution in [-0.2, 0) is 0 Å². The Morgan fingerprint density at radius 1 is 1.13 bits per heavy atom. The highest BCUT2D eigenvalue weighted by atomic mass is 14.5. The van der Waals surface area contributed by atoms with Crippen molar-refractivity contribution in [3.8, 4) is 0 Å². The lowest BCUT2D eigenvalue weighted by atomic mass is 10.1. The van der Waals surface area contributed by atoms with Gasteiger partial charge in [0.05, 0.1) is 0 Å². The summed E-state index contributed by atoms with van der Waals surface area (Å²) < 4.78 is 0. The summed E-state index contributed by atoms with van der Waals surface area (Å²) in [7, 11) is 0. The van der Waals surface area contributed by atoms with Gasteiger partial charge in [0.15, 0.2) is 0 Å². The lowest BCUT2D eigenvalue weighted by molar-refractivity contribution is 0.667. The van der Waals surface area contributed by atoms with E-state index in [1.807, 2.05) is 6.92 Å². The van der Waals surface area contributed by atoms with Crippen molar-refractivity contribution in [3.05, 3.63) is 35.6 Å². The summed E-state index contributed by atoms with van der Waals surface area (Å²) in [4.78, 5) is 0. The van der Waals surface area contributed by atoms with Gasteiger partial charge in [0, 0.05) is 0 Å². The van der Waals surface area contributed by atoms with Crippen LogP contribution >= 0.6 is 0 Å². The van der Waals surface area contributed by atoms with Gasteiger partial charge in [-0.3, -0.25) is 0 Å². The fourth-order valence-corrected chi connectivity index (χ4v) is 1.31. The minimum Gasteiger partial charge on any atom is -0.404 e. The molecular weight excluding hydrogens is 182 g/mol. The van der Waals surface area contributed by atoms with Crippen LogP contribution in [0.25, 0.3) is 0 Å². The second-order valence-electron chi connectivity index (χ2n) is 3.92. The molecule has 15 heavy (non-hydrogen) atoms. The van der Waals surface area contributed by atoms with E-state index in [0.29, 0.717) is 0 Å². The third-order valence-electron chi connectivity index (χ3n) is 2.55. The smallest absolute Gasteiger partial charge is 0.00297 e. The molecule has 0 amide bonds. The fraction of sp³-hybridized carbons (Fsp3) is 0.571. The largest absolute Gasteiger partial charge is 0.404 e. The molecule has 0 aromatic carbocycles.